The van der Waals surface area contributed by atoms with Crippen LogP contribution in [0.5, 0.6) is 5.75 Å². The number of aryl methyl sites for hydroxylation is 1. The number of nitrogens with two attached hydrogens (primary N) is 1. The van der Waals surface area contributed by atoms with E-state index >= 15 is 0 Å². The maximum absolute atomic E-state index is 12.7. The number of hydrogen-bond donors (Lipinski definition) is 3. The Morgan fingerprint density at radius 2 is 1.93 bits per heavy atom. The third-order valence-electron chi connectivity index (χ3n) is 7.62. The summed E-state index contributed by atoms with van der Waals surface area (Å²) >= 11 is 6.40. The molecule has 1 aromatic carbocycles. The first-order valence-corrected chi connectivity index (χ1v) is 16.7. The number of aromatic nitrogens is 2. The number of carbonyl (C=O) groups is 1. The number of carbonyl (C=O) groups excluding carboxylic acids is 1. The molecule has 2 aromatic rings. The summed E-state index contributed by atoms with van der Waals surface area (Å²) in [4.78, 5) is 29.2. The van der Waals surface area contributed by atoms with Crippen LogP contribution in [0.4, 0.5) is 17.5 Å². The van der Waals surface area contributed by atoms with Gasteiger partial charge in [0.1, 0.15) is 10.8 Å². The number of piperidine rings is 1. The number of allylic oxidation sites excluding steroid dienone is 1. The van der Waals surface area contributed by atoms with E-state index in [2.05, 4.69) is 38.6 Å². The van der Waals surface area contributed by atoms with Crippen LogP contribution in [0.3, 0.4) is 0 Å². The largest absolute Gasteiger partial charge is 0.488 e. The molecule has 14 heteroatoms. The first-order valence-electron chi connectivity index (χ1n) is 14.8. The van der Waals surface area contributed by atoms with Crippen molar-refractivity contribution >= 4 is 51.0 Å². The smallest absolute Gasteiger partial charge is 0.236 e. The van der Waals surface area contributed by atoms with Crippen LogP contribution in [-0.4, -0.2) is 92.4 Å². The van der Waals surface area contributed by atoms with E-state index in [1.807, 2.05) is 30.0 Å². The Balaban J connectivity index is 1.58. The number of nitrogens with zero attached hydrogens (tertiary/aromatic N) is 5. The van der Waals surface area contributed by atoms with Crippen molar-refractivity contribution in [1.29, 1.82) is 0 Å². The molecule has 0 bridgehead atoms. The van der Waals surface area contributed by atoms with E-state index in [9.17, 15) is 13.2 Å². The minimum Gasteiger partial charge on any atom is -0.488 e. The lowest BCUT2D eigenvalue weighted by Crippen LogP contribution is -2.42. The zero-order valence-corrected chi connectivity index (χ0v) is 27.8. The van der Waals surface area contributed by atoms with E-state index in [1.54, 1.807) is 13.8 Å². The molecule has 2 fully saturated rings. The van der Waals surface area contributed by atoms with E-state index in [-0.39, 0.29) is 39.5 Å². The highest BCUT2D eigenvalue weighted by Gasteiger charge is 2.29. The van der Waals surface area contributed by atoms with Gasteiger partial charge in [-0.2, -0.15) is 4.98 Å². The number of benzene rings is 1. The van der Waals surface area contributed by atoms with Gasteiger partial charge in [-0.3, -0.25) is 9.79 Å². The van der Waals surface area contributed by atoms with Gasteiger partial charge in [-0.15, -0.1) is 0 Å². The predicted molar refractivity (Wildman–Crippen MR) is 176 cm³/mol. The second kappa shape index (κ2) is 14.1. The van der Waals surface area contributed by atoms with Crippen molar-refractivity contribution in [1.82, 2.24) is 19.8 Å². The number of rotatable bonds is 12. The highest BCUT2D eigenvalue weighted by Crippen LogP contribution is 2.40. The van der Waals surface area contributed by atoms with Gasteiger partial charge in [-0.25, -0.2) is 13.4 Å². The van der Waals surface area contributed by atoms with Crippen LogP contribution >= 0.6 is 11.6 Å². The highest BCUT2D eigenvalue weighted by atomic mass is 35.5. The normalized spacial score (nSPS) is 16.9. The molecule has 0 spiro atoms. The fourth-order valence-corrected chi connectivity index (χ4v) is 6.03. The first-order chi connectivity index (χ1) is 20.8. The summed E-state index contributed by atoms with van der Waals surface area (Å²) in [5, 5.41) is 5.27. The topological polar surface area (TPSA) is 155 Å². The zero-order chi connectivity index (χ0) is 32.2. The van der Waals surface area contributed by atoms with Crippen molar-refractivity contribution in [2.24, 2.45) is 10.7 Å². The molecule has 1 saturated heterocycles. The molecule has 1 amide bonds. The SMILES string of the molecule is CN=CC(Nc1nc(Nc2cc(C)c(C3CCN(C(=O)CN(C)C)CC3)cc2OC2CC2)ncc1Cl)=C(N)S(=O)(=O)C(C)C. The van der Waals surface area contributed by atoms with Crippen LogP contribution in [0.1, 0.15) is 56.6 Å². The van der Waals surface area contributed by atoms with Gasteiger partial charge in [0.05, 0.1) is 35.5 Å². The maximum atomic E-state index is 12.7. The number of halogens is 1. The second-order valence-electron chi connectivity index (χ2n) is 11.8. The van der Waals surface area contributed by atoms with Crippen LogP contribution in [0.25, 0.3) is 0 Å². The van der Waals surface area contributed by atoms with Crippen molar-refractivity contribution in [3.05, 3.63) is 45.2 Å². The van der Waals surface area contributed by atoms with E-state index in [4.69, 9.17) is 22.1 Å². The number of aliphatic imine (C=N–C) groups is 1. The Morgan fingerprint density at radius 1 is 1.25 bits per heavy atom. The molecule has 1 aliphatic carbocycles. The van der Waals surface area contributed by atoms with Crippen LogP contribution < -0.4 is 21.1 Å². The summed E-state index contributed by atoms with van der Waals surface area (Å²) in [5.41, 5.74) is 9.11. The van der Waals surface area contributed by atoms with Gasteiger partial charge in [-0.1, -0.05) is 11.6 Å². The summed E-state index contributed by atoms with van der Waals surface area (Å²) in [5.74, 6) is 1.58. The fraction of sp³-hybridized carbons (Fsp3) is 0.533. The molecule has 0 radical (unpaired) electrons. The third kappa shape index (κ3) is 8.19. The van der Waals surface area contributed by atoms with Crippen molar-refractivity contribution in [3.63, 3.8) is 0 Å². The van der Waals surface area contributed by atoms with Gasteiger partial charge >= 0.3 is 0 Å². The molecule has 1 saturated carbocycles. The number of amides is 1. The Labute approximate surface area is 265 Å². The average Bonchev–Trinajstić information content (AvgIpc) is 3.79. The van der Waals surface area contributed by atoms with Gasteiger partial charge in [-0.05, 0) is 89.7 Å². The van der Waals surface area contributed by atoms with Crippen molar-refractivity contribution in [3.8, 4) is 5.75 Å². The Kier molecular flexibility index (Phi) is 10.7. The van der Waals surface area contributed by atoms with E-state index in [0.29, 0.717) is 23.9 Å². The number of nitrogens with one attached hydrogen (secondary N) is 2. The van der Waals surface area contributed by atoms with Crippen molar-refractivity contribution < 1.29 is 17.9 Å². The quantitative estimate of drug-likeness (QED) is 0.288. The number of likely N-dealkylation sites (N-methyl/N-ethyl adjacent to an activating group) is 1. The molecule has 12 nitrogen and oxygen atoms in total. The third-order valence-corrected chi connectivity index (χ3v) is 9.97. The summed E-state index contributed by atoms with van der Waals surface area (Å²) in [6, 6.07) is 4.13. The highest BCUT2D eigenvalue weighted by molar-refractivity contribution is 7.95. The van der Waals surface area contributed by atoms with Crippen LogP contribution in [0.2, 0.25) is 5.02 Å². The van der Waals surface area contributed by atoms with Crippen molar-refractivity contribution in [2.75, 3.05) is 51.4 Å². The number of ether oxygens (including phenoxy) is 1. The number of anilines is 3. The minimum atomic E-state index is -3.77. The number of sulfone groups is 1. The van der Waals surface area contributed by atoms with E-state index in [1.165, 1.54) is 25.0 Å². The Hall–Kier alpha value is -3.42. The van der Waals surface area contributed by atoms with Gasteiger partial charge in [0.15, 0.2) is 20.7 Å². The molecule has 1 aliphatic heterocycles. The predicted octanol–water partition coefficient (Wildman–Crippen LogP) is 4.05. The maximum Gasteiger partial charge on any atom is 0.236 e. The fourth-order valence-electron chi connectivity index (χ4n) is 4.97. The number of hydrogen-bond acceptors (Lipinski definition) is 11. The molecule has 240 valence electrons. The van der Waals surface area contributed by atoms with Crippen LogP contribution in [0.15, 0.2) is 34.0 Å². The summed E-state index contributed by atoms with van der Waals surface area (Å²) in [7, 11) is 1.55. The molecular formula is C30H43ClN8O4S. The van der Waals surface area contributed by atoms with Gasteiger partial charge in [0.25, 0.3) is 0 Å². The molecule has 0 unspecified atom stereocenters. The molecule has 44 heavy (non-hydrogen) atoms. The van der Waals surface area contributed by atoms with E-state index in [0.717, 1.165) is 44.3 Å². The van der Waals surface area contributed by atoms with Crippen molar-refractivity contribution in [2.45, 2.75) is 63.7 Å². The molecular weight excluding hydrogens is 604 g/mol. The Bertz CT molecular complexity index is 1530. The van der Waals surface area contributed by atoms with Crippen LogP contribution in [0, 0.1) is 6.92 Å². The molecule has 4 N–H and O–H groups in total. The lowest BCUT2D eigenvalue weighted by Gasteiger charge is -2.33. The second-order valence-corrected chi connectivity index (χ2v) is 14.7. The molecule has 2 aliphatic rings. The van der Waals surface area contributed by atoms with Gasteiger partial charge in [0.2, 0.25) is 11.9 Å². The molecule has 4 rings (SSSR count). The standard InChI is InChI=1S/C30H43ClN8O4S/c1-18(2)44(41,42)28(32)25(16-33-4)35-29-23(31)15-34-30(37-29)36-24-13-19(3)22(14-26(24)43-21-7-8-21)20-9-11-39(12-10-20)27(40)17-38(5)6/h13-16,18,20-21H,7-12,17,32H2,1-6H3,(H2,34,35,36,37). The lowest BCUT2D eigenvalue weighted by molar-refractivity contribution is -0.132. The average molecular weight is 647 g/mol. The Morgan fingerprint density at radius 3 is 2.52 bits per heavy atom. The molecule has 2 heterocycles. The lowest BCUT2D eigenvalue weighted by atomic mass is 9.86. The molecule has 0 atom stereocenters. The summed E-state index contributed by atoms with van der Waals surface area (Å²) in [6.45, 7) is 7.04. The summed E-state index contributed by atoms with van der Waals surface area (Å²) in [6.07, 6.45) is 6.65. The van der Waals surface area contributed by atoms with E-state index < -0.39 is 15.1 Å². The number of likely N-dealkylation sites (tertiary alicyclic amines) is 1. The monoisotopic (exact) mass is 646 g/mol. The summed E-state index contributed by atoms with van der Waals surface area (Å²) < 4.78 is 31.8. The van der Waals surface area contributed by atoms with Gasteiger partial charge in [0, 0.05) is 26.4 Å². The first kappa shape index (κ1) is 33.5. The zero-order valence-electron chi connectivity index (χ0n) is 26.2. The minimum absolute atomic E-state index is 0.0557. The van der Waals surface area contributed by atoms with Gasteiger partial charge < -0.3 is 30.9 Å². The van der Waals surface area contributed by atoms with Crippen LogP contribution in [-0.2, 0) is 14.6 Å². The molecule has 1 aromatic heterocycles.